The Bertz CT molecular complexity index is 926. The van der Waals surface area contributed by atoms with E-state index < -0.39 is 28.5 Å². The van der Waals surface area contributed by atoms with Crippen LogP contribution in [0.2, 0.25) is 0 Å². The van der Waals surface area contributed by atoms with Crippen LogP contribution in [0, 0.1) is 0 Å². The van der Waals surface area contributed by atoms with E-state index in [0.29, 0.717) is 18.0 Å². The summed E-state index contributed by atoms with van der Waals surface area (Å²) in [7, 11) is -3.60. The average molecular weight is 406 g/mol. The van der Waals surface area contributed by atoms with Crippen molar-refractivity contribution >= 4 is 27.6 Å². The number of hydrogen-bond acceptors (Lipinski definition) is 6. The topological polar surface area (TPSA) is 111 Å². The van der Waals surface area contributed by atoms with Crippen molar-refractivity contribution in [2.24, 2.45) is 0 Å². The van der Waals surface area contributed by atoms with Crippen LogP contribution in [0.25, 0.3) is 0 Å². The smallest absolute Gasteiger partial charge is 0.338 e. The summed E-state index contributed by atoms with van der Waals surface area (Å²) < 4.78 is 36.5. The lowest BCUT2D eigenvalue weighted by Gasteiger charge is -2.11. The van der Waals surface area contributed by atoms with Gasteiger partial charge in [-0.2, -0.15) is 0 Å². The first-order valence-corrected chi connectivity index (χ1v) is 10.1. The molecule has 8 nitrogen and oxygen atoms in total. The minimum absolute atomic E-state index is 0.0381. The standard InChI is InChI=1S/C19H22N2O6S/c1-3-20-28(24,25)15-11-9-14(10-12-15)19(23)27-13-18(22)21-16-7-5-6-8-17(16)26-4-2/h5-12,20H,3-4,13H2,1-2H3,(H,21,22). The summed E-state index contributed by atoms with van der Waals surface area (Å²) in [5.74, 6) is -0.741. The normalized spacial score (nSPS) is 10.9. The van der Waals surface area contributed by atoms with Gasteiger partial charge in [-0.25, -0.2) is 17.9 Å². The number of nitrogens with one attached hydrogen (secondary N) is 2. The second-order valence-corrected chi connectivity index (χ2v) is 7.35. The number of rotatable bonds is 9. The highest BCUT2D eigenvalue weighted by Crippen LogP contribution is 2.23. The van der Waals surface area contributed by atoms with E-state index in [2.05, 4.69) is 10.0 Å². The summed E-state index contributed by atoms with van der Waals surface area (Å²) in [6.07, 6.45) is 0. The van der Waals surface area contributed by atoms with Gasteiger partial charge in [-0.1, -0.05) is 19.1 Å². The van der Waals surface area contributed by atoms with Crippen LogP contribution in [0.3, 0.4) is 0 Å². The summed E-state index contributed by atoms with van der Waals surface area (Å²) >= 11 is 0. The molecule has 0 aliphatic rings. The van der Waals surface area contributed by atoms with Gasteiger partial charge in [0.25, 0.3) is 5.91 Å². The van der Waals surface area contributed by atoms with Crippen LogP contribution < -0.4 is 14.8 Å². The lowest BCUT2D eigenvalue weighted by atomic mass is 10.2. The Kier molecular flexibility index (Phi) is 7.53. The summed E-state index contributed by atoms with van der Waals surface area (Å²) in [5.41, 5.74) is 0.612. The zero-order valence-corrected chi connectivity index (χ0v) is 16.4. The van der Waals surface area contributed by atoms with Crippen molar-refractivity contribution in [1.82, 2.24) is 4.72 Å². The molecule has 0 unspecified atom stereocenters. The molecular formula is C19H22N2O6S. The van der Waals surface area contributed by atoms with E-state index in [1.54, 1.807) is 31.2 Å². The molecule has 0 aliphatic heterocycles. The highest BCUT2D eigenvalue weighted by Gasteiger charge is 2.15. The van der Waals surface area contributed by atoms with Crippen LogP contribution in [0.15, 0.2) is 53.4 Å². The molecule has 2 N–H and O–H groups in total. The van der Waals surface area contributed by atoms with E-state index in [-0.39, 0.29) is 17.0 Å². The Balaban J connectivity index is 1.94. The molecule has 0 spiro atoms. The van der Waals surface area contributed by atoms with Crippen molar-refractivity contribution in [3.8, 4) is 5.75 Å². The SMILES string of the molecule is CCNS(=O)(=O)c1ccc(C(=O)OCC(=O)Nc2ccccc2OCC)cc1. The van der Waals surface area contributed by atoms with Gasteiger partial charge in [0.05, 0.1) is 22.8 Å². The molecule has 2 aromatic carbocycles. The summed E-state index contributed by atoms with van der Waals surface area (Å²) in [5, 5.41) is 2.62. The zero-order chi connectivity index (χ0) is 20.6. The predicted molar refractivity (Wildman–Crippen MR) is 104 cm³/mol. The molecule has 2 rings (SSSR count). The lowest BCUT2D eigenvalue weighted by Crippen LogP contribution is -2.23. The summed E-state index contributed by atoms with van der Waals surface area (Å²) in [4.78, 5) is 24.1. The van der Waals surface area contributed by atoms with Gasteiger partial charge in [0.15, 0.2) is 6.61 Å². The Morgan fingerprint density at radius 1 is 1.00 bits per heavy atom. The number of esters is 1. The van der Waals surface area contributed by atoms with Crippen molar-refractivity contribution in [3.63, 3.8) is 0 Å². The van der Waals surface area contributed by atoms with Gasteiger partial charge >= 0.3 is 5.97 Å². The minimum atomic E-state index is -3.60. The van der Waals surface area contributed by atoms with Crippen molar-refractivity contribution in [3.05, 3.63) is 54.1 Å². The van der Waals surface area contributed by atoms with Gasteiger partial charge < -0.3 is 14.8 Å². The highest BCUT2D eigenvalue weighted by atomic mass is 32.2. The van der Waals surface area contributed by atoms with Gasteiger partial charge in [-0.05, 0) is 43.3 Å². The van der Waals surface area contributed by atoms with Gasteiger partial charge in [0.1, 0.15) is 5.75 Å². The maximum atomic E-state index is 12.1. The maximum Gasteiger partial charge on any atom is 0.338 e. The molecule has 0 saturated heterocycles. The quantitative estimate of drug-likeness (QED) is 0.618. The Labute approximate surface area is 163 Å². The van der Waals surface area contributed by atoms with Crippen LogP contribution in [-0.2, 0) is 19.6 Å². The summed E-state index contributed by atoms with van der Waals surface area (Å²) in [6, 6.07) is 12.2. The van der Waals surface area contributed by atoms with Crippen LogP contribution in [0.1, 0.15) is 24.2 Å². The first-order chi connectivity index (χ1) is 13.4. The van der Waals surface area contributed by atoms with Crippen molar-refractivity contribution in [2.75, 3.05) is 25.1 Å². The molecule has 2 aromatic rings. The number of hydrogen-bond donors (Lipinski definition) is 2. The fourth-order valence-corrected chi connectivity index (χ4v) is 3.34. The first-order valence-electron chi connectivity index (χ1n) is 8.66. The molecule has 0 bridgehead atoms. The van der Waals surface area contributed by atoms with E-state index in [9.17, 15) is 18.0 Å². The van der Waals surface area contributed by atoms with E-state index in [4.69, 9.17) is 9.47 Å². The number of anilines is 1. The summed E-state index contributed by atoms with van der Waals surface area (Å²) in [6.45, 7) is 3.71. The molecule has 0 heterocycles. The van der Waals surface area contributed by atoms with Crippen molar-refractivity contribution in [1.29, 1.82) is 0 Å². The van der Waals surface area contributed by atoms with E-state index in [1.807, 2.05) is 6.92 Å². The molecular weight excluding hydrogens is 384 g/mol. The fraction of sp³-hybridized carbons (Fsp3) is 0.263. The minimum Gasteiger partial charge on any atom is -0.492 e. The van der Waals surface area contributed by atoms with Crippen LogP contribution in [0.5, 0.6) is 5.75 Å². The second kappa shape index (κ2) is 9.86. The number of ether oxygens (including phenoxy) is 2. The molecule has 0 atom stereocenters. The molecule has 28 heavy (non-hydrogen) atoms. The molecule has 0 aromatic heterocycles. The van der Waals surface area contributed by atoms with Gasteiger partial charge in [-0.3, -0.25) is 4.79 Å². The highest BCUT2D eigenvalue weighted by molar-refractivity contribution is 7.89. The largest absolute Gasteiger partial charge is 0.492 e. The Morgan fingerprint density at radius 2 is 1.68 bits per heavy atom. The fourth-order valence-electron chi connectivity index (χ4n) is 2.30. The van der Waals surface area contributed by atoms with E-state index in [1.165, 1.54) is 24.3 Å². The molecule has 1 amide bonds. The van der Waals surface area contributed by atoms with Crippen molar-refractivity contribution < 1.29 is 27.5 Å². The predicted octanol–water partition coefficient (Wildman–Crippen LogP) is 2.18. The van der Waals surface area contributed by atoms with Gasteiger partial charge in [-0.15, -0.1) is 0 Å². The number of benzene rings is 2. The molecule has 0 fully saturated rings. The number of sulfonamides is 1. The molecule has 0 aliphatic carbocycles. The molecule has 9 heteroatoms. The lowest BCUT2D eigenvalue weighted by molar-refractivity contribution is -0.119. The third-order valence-corrected chi connectivity index (χ3v) is 5.09. The second-order valence-electron chi connectivity index (χ2n) is 5.58. The first kappa shape index (κ1) is 21.4. The molecule has 0 saturated carbocycles. The van der Waals surface area contributed by atoms with Crippen LogP contribution in [-0.4, -0.2) is 40.1 Å². The van der Waals surface area contributed by atoms with Gasteiger partial charge in [0.2, 0.25) is 10.0 Å². The number of para-hydroxylation sites is 2. The Hall–Kier alpha value is -2.91. The van der Waals surface area contributed by atoms with Crippen molar-refractivity contribution in [2.45, 2.75) is 18.7 Å². The molecule has 0 radical (unpaired) electrons. The molecule has 150 valence electrons. The third kappa shape index (κ3) is 5.80. The number of amides is 1. The number of carbonyl (C=O) groups excluding carboxylic acids is 2. The van der Waals surface area contributed by atoms with Crippen LogP contribution in [0.4, 0.5) is 5.69 Å². The maximum absolute atomic E-state index is 12.1. The van der Waals surface area contributed by atoms with Crippen LogP contribution >= 0.6 is 0 Å². The number of carbonyl (C=O) groups is 2. The zero-order valence-electron chi connectivity index (χ0n) is 15.6. The van der Waals surface area contributed by atoms with E-state index >= 15 is 0 Å². The monoisotopic (exact) mass is 406 g/mol. The third-order valence-electron chi connectivity index (χ3n) is 3.53. The van der Waals surface area contributed by atoms with Gasteiger partial charge in [0, 0.05) is 6.54 Å². The average Bonchev–Trinajstić information content (AvgIpc) is 2.68. The van der Waals surface area contributed by atoms with E-state index in [0.717, 1.165) is 0 Å². The Morgan fingerprint density at radius 3 is 2.32 bits per heavy atom.